The molecule has 0 aliphatic carbocycles. The van der Waals surface area contributed by atoms with Gasteiger partial charge >= 0.3 is 0 Å². The van der Waals surface area contributed by atoms with Crippen molar-refractivity contribution in [2.75, 3.05) is 13.1 Å². The summed E-state index contributed by atoms with van der Waals surface area (Å²) in [6, 6.07) is 8.59. The van der Waals surface area contributed by atoms with Crippen LogP contribution in [0.3, 0.4) is 0 Å². The molecule has 1 aliphatic heterocycles. The van der Waals surface area contributed by atoms with Crippen LogP contribution in [0.5, 0.6) is 0 Å². The molecule has 1 saturated heterocycles. The first kappa shape index (κ1) is 7.77. The summed E-state index contributed by atoms with van der Waals surface area (Å²) in [5.74, 6) is 0.645. The van der Waals surface area contributed by atoms with Crippen molar-refractivity contribution >= 4 is 0 Å². The summed E-state index contributed by atoms with van der Waals surface area (Å²) in [4.78, 5) is 0. The Morgan fingerprint density at radius 1 is 1.17 bits per heavy atom. The molecule has 1 aromatic rings. The molecule has 0 radical (unpaired) electrons. The topological polar surface area (TPSA) is 24.1 Å². The molecule has 0 bridgehead atoms. The Hall–Kier alpha value is -0.860. The summed E-state index contributed by atoms with van der Waals surface area (Å²) in [5.41, 5.74) is 9.16. The van der Waals surface area contributed by atoms with Crippen molar-refractivity contribution in [3.8, 4) is 0 Å². The van der Waals surface area contributed by atoms with Gasteiger partial charge in [-0.2, -0.15) is 0 Å². The van der Waals surface area contributed by atoms with E-state index in [4.69, 9.17) is 0 Å². The molecule has 1 aliphatic rings. The lowest BCUT2D eigenvalue weighted by Gasteiger charge is -2.10. The summed E-state index contributed by atoms with van der Waals surface area (Å²) in [5, 5.41) is 0. The largest absolute Gasteiger partial charge is 0.257 e. The maximum Gasteiger partial charge on any atom is 0.0182 e. The number of nitrogens with one attached hydrogen (secondary N) is 2. The molecule has 0 amide bonds. The maximum absolute atomic E-state index is 3.15. The van der Waals surface area contributed by atoms with Crippen molar-refractivity contribution in [2.24, 2.45) is 0 Å². The van der Waals surface area contributed by atoms with Crippen LogP contribution in [0.25, 0.3) is 0 Å². The number of hydrazine groups is 1. The highest BCUT2D eigenvalue weighted by atomic mass is 15.4. The molecule has 1 heterocycles. The van der Waals surface area contributed by atoms with Gasteiger partial charge in [0.1, 0.15) is 0 Å². The minimum absolute atomic E-state index is 0.645. The van der Waals surface area contributed by atoms with Crippen LogP contribution in [0.2, 0.25) is 0 Å². The van der Waals surface area contributed by atoms with Crippen LogP contribution in [0.15, 0.2) is 24.3 Å². The number of aryl methyl sites for hydroxylation is 1. The van der Waals surface area contributed by atoms with Crippen LogP contribution in [-0.2, 0) is 0 Å². The zero-order valence-electron chi connectivity index (χ0n) is 7.30. The van der Waals surface area contributed by atoms with Crippen LogP contribution < -0.4 is 10.9 Å². The van der Waals surface area contributed by atoms with Crippen molar-refractivity contribution in [2.45, 2.75) is 12.8 Å². The molecular formula is C10H14N2. The Morgan fingerprint density at radius 3 is 2.50 bits per heavy atom. The number of rotatable bonds is 1. The van der Waals surface area contributed by atoms with Gasteiger partial charge in [-0.1, -0.05) is 24.3 Å². The summed E-state index contributed by atoms with van der Waals surface area (Å²) < 4.78 is 0. The number of hydrogen-bond donors (Lipinski definition) is 2. The molecule has 2 nitrogen and oxygen atoms in total. The van der Waals surface area contributed by atoms with Gasteiger partial charge in [-0.25, -0.2) is 0 Å². The average molecular weight is 162 g/mol. The second-order valence-electron chi connectivity index (χ2n) is 3.32. The predicted molar refractivity (Wildman–Crippen MR) is 49.9 cm³/mol. The van der Waals surface area contributed by atoms with E-state index >= 15 is 0 Å². The van der Waals surface area contributed by atoms with Gasteiger partial charge < -0.3 is 0 Å². The lowest BCUT2D eigenvalue weighted by molar-refractivity contribution is 0.689. The van der Waals surface area contributed by atoms with E-state index in [-0.39, 0.29) is 0 Å². The lowest BCUT2D eigenvalue weighted by Crippen LogP contribution is -2.21. The Bertz CT molecular complexity index is 264. The molecule has 2 N–H and O–H groups in total. The monoisotopic (exact) mass is 162 g/mol. The van der Waals surface area contributed by atoms with Gasteiger partial charge in [-0.15, -0.1) is 0 Å². The predicted octanol–water partition coefficient (Wildman–Crippen LogP) is 1.19. The van der Waals surface area contributed by atoms with Gasteiger partial charge in [-0.05, 0) is 18.1 Å². The first-order valence-electron chi connectivity index (χ1n) is 4.39. The van der Waals surface area contributed by atoms with E-state index in [1.807, 2.05) is 0 Å². The first-order chi connectivity index (χ1) is 5.88. The van der Waals surface area contributed by atoms with E-state index in [0.717, 1.165) is 13.1 Å². The Balaban J connectivity index is 2.26. The highest BCUT2D eigenvalue weighted by Gasteiger charge is 2.16. The second-order valence-corrected chi connectivity index (χ2v) is 3.32. The zero-order valence-corrected chi connectivity index (χ0v) is 7.30. The lowest BCUT2D eigenvalue weighted by atomic mass is 9.96. The van der Waals surface area contributed by atoms with E-state index in [0.29, 0.717) is 5.92 Å². The third-order valence-electron chi connectivity index (χ3n) is 2.45. The third kappa shape index (κ3) is 1.36. The molecule has 2 rings (SSSR count). The molecular weight excluding hydrogens is 148 g/mol. The van der Waals surface area contributed by atoms with Crippen molar-refractivity contribution in [1.29, 1.82) is 0 Å². The first-order valence-corrected chi connectivity index (χ1v) is 4.39. The maximum atomic E-state index is 3.15. The standard InChI is InChI=1S/C10H14N2/c1-8-4-2-3-5-10(8)9-6-11-12-7-9/h2-5,9,11-12H,6-7H2,1H3. The smallest absolute Gasteiger partial charge is 0.0182 e. The van der Waals surface area contributed by atoms with E-state index in [1.165, 1.54) is 11.1 Å². The van der Waals surface area contributed by atoms with E-state index < -0.39 is 0 Å². The quantitative estimate of drug-likeness (QED) is 0.648. The van der Waals surface area contributed by atoms with Gasteiger partial charge in [0.15, 0.2) is 0 Å². The number of benzene rings is 1. The molecule has 0 atom stereocenters. The van der Waals surface area contributed by atoms with Crippen LogP contribution in [-0.4, -0.2) is 13.1 Å². The van der Waals surface area contributed by atoms with Gasteiger partial charge in [-0.3, -0.25) is 10.9 Å². The minimum Gasteiger partial charge on any atom is -0.257 e. The van der Waals surface area contributed by atoms with Crippen molar-refractivity contribution in [3.05, 3.63) is 35.4 Å². The summed E-state index contributed by atoms with van der Waals surface area (Å²) in [7, 11) is 0. The summed E-state index contributed by atoms with van der Waals surface area (Å²) in [6.07, 6.45) is 0. The molecule has 1 fully saturated rings. The number of hydrogen-bond acceptors (Lipinski definition) is 2. The fourth-order valence-corrected chi connectivity index (χ4v) is 1.73. The second kappa shape index (κ2) is 3.25. The molecule has 64 valence electrons. The SMILES string of the molecule is Cc1ccccc1C1CNNC1. The molecule has 0 saturated carbocycles. The molecule has 0 spiro atoms. The van der Waals surface area contributed by atoms with Crippen molar-refractivity contribution in [3.63, 3.8) is 0 Å². The molecule has 1 aromatic carbocycles. The highest BCUT2D eigenvalue weighted by Crippen LogP contribution is 2.19. The Labute approximate surface area is 73.0 Å². The van der Waals surface area contributed by atoms with Crippen LogP contribution >= 0.6 is 0 Å². The summed E-state index contributed by atoms with van der Waals surface area (Å²) >= 11 is 0. The van der Waals surface area contributed by atoms with Crippen LogP contribution in [0.4, 0.5) is 0 Å². The molecule has 0 aromatic heterocycles. The van der Waals surface area contributed by atoms with Crippen LogP contribution in [0, 0.1) is 6.92 Å². The Morgan fingerprint density at radius 2 is 1.83 bits per heavy atom. The van der Waals surface area contributed by atoms with Crippen molar-refractivity contribution < 1.29 is 0 Å². The van der Waals surface area contributed by atoms with Gasteiger partial charge in [0.05, 0.1) is 0 Å². The van der Waals surface area contributed by atoms with Gasteiger partial charge in [0.25, 0.3) is 0 Å². The van der Waals surface area contributed by atoms with Crippen molar-refractivity contribution in [1.82, 2.24) is 10.9 Å². The summed E-state index contributed by atoms with van der Waals surface area (Å²) in [6.45, 7) is 4.27. The minimum atomic E-state index is 0.645. The third-order valence-corrected chi connectivity index (χ3v) is 2.45. The molecule has 2 heteroatoms. The van der Waals surface area contributed by atoms with Crippen LogP contribution in [0.1, 0.15) is 17.0 Å². The average Bonchev–Trinajstić information content (AvgIpc) is 2.57. The van der Waals surface area contributed by atoms with E-state index in [2.05, 4.69) is 42.0 Å². The Kier molecular flexibility index (Phi) is 2.11. The van der Waals surface area contributed by atoms with Gasteiger partial charge in [0.2, 0.25) is 0 Å². The van der Waals surface area contributed by atoms with E-state index in [1.54, 1.807) is 0 Å². The molecule has 12 heavy (non-hydrogen) atoms. The zero-order chi connectivity index (χ0) is 8.39. The normalized spacial score (nSPS) is 18.4. The fraction of sp³-hybridized carbons (Fsp3) is 0.400. The van der Waals surface area contributed by atoms with Gasteiger partial charge in [0, 0.05) is 19.0 Å². The molecule has 0 unspecified atom stereocenters. The van der Waals surface area contributed by atoms with E-state index in [9.17, 15) is 0 Å². The fourth-order valence-electron chi connectivity index (χ4n) is 1.73. The highest BCUT2D eigenvalue weighted by molar-refractivity contribution is 5.30.